The van der Waals surface area contributed by atoms with Gasteiger partial charge in [-0.1, -0.05) is 12.5 Å². The second-order valence-corrected chi connectivity index (χ2v) is 7.20. The quantitative estimate of drug-likeness (QED) is 0.586. The van der Waals surface area contributed by atoms with Crippen LogP contribution >= 0.6 is 0 Å². The molecule has 0 heterocycles. The molecule has 2 aromatic carbocycles. The topological polar surface area (TPSA) is 55.8 Å². The van der Waals surface area contributed by atoms with Crippen LogP contribution in [-0.2, 0) is 4.79 Å². The van der Waals surface area contributed by atoms with E-state index < -0.39 is 23.4 Å². The van der Waals surface area contributed by atoms with Crippen LogP contribution in [0.15, 0.2) is 30.3 Å². The third kappa shape index (κ3) is 5.00. The lowest BCUT2D eigenvalue weighted by Gasteiger charge is -2.25. The molecule has 0 unspecified atom stereocenters. The van der Waals surface area contributed by atoms with Crippen molar-refractivity contribution in [2.45, 2.75) is 39.0 Å². The number of carboxylic acids is 1. The maximum atomic E-state index is 14.4. The third-order valence-corrected chi connectivity index (χ3v) is 5.01. The molecule has 1 saturated carbocycles. The summed E-state index contributed by atoms with van der Waals surface area (Å²) in [6, 6.07) is 8.00. The van der Waals surface area contributed by atoms with E-state index in [0.717, 1.165) is 5.56 Å². The van der Waals surface area contributed by atoms with Crippen molar-refractivity contribution in [1.29, 1.82) is 0 Å². The molecule has 1 aliphatic carbocycles. The van der Waals surface area contributed by atoms with Crippen LogP contribution in [0.3, 0.4) is 0 Å². The summed E-state index contributed by atoms with van der Waals surface area (Å²) in [4.78, 5) is 10.5. The van der Waals surface area contributed by atoms with Crippen molar-refractivity contribution >= 4 is 5.97 Å². The molecular weight excluding hydrogens is 366 g/mol. The summed E-state index contributed by atoms with van der Waals surface area (Å²) in [5.41, 5.74) is 1.98. The van der Waals surface area contributed by atoms with Gasteiger partial charge in [0, 0.05) is 6.42 Å². The largest absolute Gasteiger partial charge is 0.493 e. The van der Waals surface area contributed by atoms with Crippen molar-refractivity contribution < 1.29 is 28.2 Å². The first-order valence-corrected chi connectivity index (χ1v) is 9.51. The van der Waals surface area contributed by atoms with Crippen molar-refractivity contribution in [1.82, 2.24) is 0 Å². The van der Waals surface area contributed by atoms with Crippen LogP contribution < -0.4 is 9.47 Å². The number of hydrogen-bond donors (Lipinski definition) is 1. The van der Waals surface area contributed by atoms with Gasteiger partial charge in [0.1, 0.15) is 5.75 Å². The van der Waals surface area contributed by atoms with E-state index in [1.807, 2.05) is 19.1 Å². The summed E-state index contributed by atoms with van der Waals surface area (Å²) >= 11 is 0. The first-order valence-electron chi connectivity index (χ1n) is 9.51. The lowest BCUT2D eigenvalue weighted by Crippen LogP contribution is -2.19. The molecule has 6 heteroatoms. The first kappa shape index (κ1) is 20.1. The Balaban J connectivity index is 1.74. The van der Waals surface area contributed by atoms with Gasteiger partial charge in [0.2, 0.25) is 0 Å². The zero-order valence-corrected chi connectivity index (χ0v) is 15.8. The number of benzene rings is 2. The maximum Gasteiger partial charge on any atom is 0.303 e. The number of rotatable bonds is 9. The predicted molar refractivity (Wildman–Crippen MR) is 102 cm³/mol. The van der Waals surface area contributed by atoms with Crippen LogP contribution in [-0.4, -0.2) is 24.3 Å². The molecule has 0 aliphatic heterocycles. The molecule has 0 radical (unpaired) electrons. The minimum Gasteiger partial charge on any atom is -0.493 e. The van der Waals surface area contributed by atoms with E-state index in [0.29, 0.717) is 29.4 Å². The summed E-state index contributed by atoms with van der Waals surface area (Å²) in [5, 5.41) is 8.60. The Morgan fingerprint density at radius 1 is 1.14 bits per heavy atom. The minimum absolute atomic E-state index is 0.0665. The monoisotopic (exact) mass is 390 g/mol. The fourth-order valence-electron chi connectivity index (χ4n) is 3.13. The standard InChI is InChI=1S/C22H24F2O4/c1-14-7-8-17(28-13-15-4-2-5-15)12-18(14)16-10-19(23)22(20(24)11-16)27-9-3-6-21(25)26/h7-8,10-12,15H,2-6,9,13H2,1H3,(H,25,26). The Hall–Kier alpha value is -2.63. The fourth-order valence-corrected chi connectivity index (χ4v) is 3.13. The number of carbonyl (C=O) groups is 1. The van der Waals surface area contributed by atoms with Gasteiger partial charge in [0.25, 0.3) is 0 Å². The van der Waals surface area contributed by atoms with E-state index in [9.17, 15) is 13.6 Å². The predicted octanol–water partition coefficient (Wildman–Crippen LogP) is 5.36. The summed E-state index contributed by atoms with van der Waals surface area (Å²) in [6.07, 6.45) is 3.67. The summed E-state index contributed by atoms with van der Waals surface area (Å²) in [6.45, 7) is 2.47. The van der Waals surface area contributed by atoms with Crippen LogP contribution in [0.4, 0.5) is 8.78 Å². The molecule has 0 atom stereocenters. The Morgan fingerprint density at radius 3 is 2.46 bits per heavy atom. The molecule has 3 rings (SSSR count). The highest BCUT2D eigenvalue weighted by atomic mass is 19.1. The average Bonchev–Trinajstić information content (AvgIpc) is 2.60. The molecule has 2 aromatic rings. The molecule has 1 N–H and O–H groups in total. The Bertz CT molecular complexity index is 823. The summed E-state index contributed by atoms with van der Waals surface area (Å²) < 4.78 is 39.8. The van der Waals surface area contributed by atoms with Crippen molar-refractivity contribution in [2.75, 3.05) is 13.2 Å². The average molecular weight is 390 g/mol. The molecular formula is C22H24F2O4. The minimum atomic E-state index is -0.977. The van der Waals surface area contributed by atoms with Gasteiger partial charge in [0.05, 0.1) is 13.2 Å². The van der Waals surface area contributed by atoms with Gasteiger partial charge in [-0.25, -0.2) is 8.78 Å². The van der Waals surface area contributed by atoms with E-state index in [2.05, 4.69) is 0 Å². The normalized spacial score (nSPS) is 13.8. The Kier molecular flexibility index (Phi) is 6.49. The molecule has 0 amide bonds. The Morgan fingerprint density at radius 2 is 1.86 bits per heavy atom. The van der Waals surface area contributed by atoms with Gasteiger partial charge in [-0.3, -0.25) is 4.79 Å². The highest BCUT2D eigenvalue weighted by molar-refractivity contribution is 5.70. The number of halogens is 2. The SMILES string of the molecule is Cc1ccc(OCC2CCC2)cc1-c1cc(F)c(OCCCC(=O)O)c(F)c1. The Labute approximate surface area is 163 Å². The summed E-state index contributed by atoms with van der Waals surface area (Å²) in [7, 11) is 0. The number of aryl methyl sites for hydroxylation is 1. The molecule has 0 spiro atoms. The number of hydrogen-bond acceptors (Lipinski definition) is 3. The van der Waals surface area contributed by atoms with Crippen LogP contribution in [0.1, 0.15) is 37.7 Å². The first-order chi connectivity index (χ1) is 13.4. The highest BCUT2D eigenvalue weighted by Crippen LogP contribution is 2.33. The van der Waals surface area contributed by atoms with E-state index in [1.54, 1.807) is 6.07 Å². The van der Waals surface area contributed by atoms with E-state index >= 15 is 0 Å². The number of ether oxygens (including phenoxy) is 2. The van der Waals surface area contributed by atoms with Gasteiger partial charge in [-0.15, -0.1) is 0 Å². The molecule has 0 saturated heterocycles. The fraction of sp³-hybridized carbons (Fsp3) is 0.409. The van der Waals surface area contributed by atoms with Gasteiger partial charge in [-0.2, -0.15) is 0 Å². The van der Waals surface area contributed by atoms with Gasteiger partial charge in [0.15, 0.2) is 17.4 Å². The smallest absolute Gasteiger partial charge is 0.303 e. The van der Waals surface area contributed by atoms with Gasteiger partial charge in [-0.05, 0) is 73.1 Å². The molecule has 1 aliphatic rings. The molecule has 1 fully saturated rings. The maximum absolute atomic E-state index is 14.4. The third-order valence-electron chi connectivity index (χ3n) is 5.01. The second kappa shape index (κ2) is 9.04. The van der Waals surface area contributed by atoms with Crippen molar-refractivity contribution in [3.63, 3.8) is 0 Å². The van der Waals surface area contributed by atoms with Crippen LogP contribution in [0.5, 0.6) is 11.5 Å². The van der Waals surface area contributed by atoms with Crippen molar-refractivity contribution in [3.8, 4) is 22.6 Å². The van der Waals surface area contributed by atoms with Crippen LogP contribution in [0.2, 0.25) is 0 Å². The van der Waals surface area contributed by atoms with Crippen molar-refractivity contribution in [2.24, 2.45) is 5.92 Å². The van der Waals surface area contributed by atoms with Crippen LogP contribution in [0, 0.1) is 24.5 Å². The van der Waals surface area contributed by atoms with Crippen LogP contribution in [0.25, 0.3) is 11.1 Å². The zero-order chi connectivity index (χ0) is 20.1. The van der Waals surface area contributed by atoms with E-state index in [4.69, 9.17) is 14.6 Å². The lowest BCUT2D eigenvalue weighted by molar-refractivity contribution is -0.137. The molecule has 28 heavy (non-hydrogen) atoms. The second-order valence-electron chi connectivity index (χ2n) is 7.20. The molecule has 150 valence electrons. The van der Waals surface area contributed by atoms with Gasteiger partial charge >= 0.3 is 5.97 Å². The summed E-state index contributed by atoms with van der Waals surface area (Å²) in [5.74, 6) is -1.81. The van der Waals surface area contributed by atoms with E-state index in [1.165, 1.54) is 31.4 Å². The molecule has 0 bridgehead atoms. The lowest BCUT2D eigenvalue weighted by atomic mass is 9.86. The molecule has 0 aromatic heterocycles. The number of aliphatic carboxylic acids is 1. The molecule has 4 nitrogen and oxygen atoms in total. The zero-order valence-electron chi connectivity index (χ0n) is 15.8. The van der Waals surface area contributed by atoms with Crippen molar-refractivity contribution in [3.05, 3.63) is 47.5 Å². The van der Waals surface area contributed by atoms with E-state index in [-0.39, 0.29) is 19.4 Å². The highest BCUT2D eigenvalue weighted by Gasteiger charge is 2.19. The number of carboxylic acid groups (broad SMARTS) is 1. The van der Waals surface area contributed by atoms with Gasteiger partial charge < -0.3 is 14.6 Å².